The molecule has 2 aromatic rings. The first-order valence-electron chi connectivity index (χ1n) is 7.87. The summed E-state index contributed by atoms with van der Waals surface area (Å²) in [6.45, 7) is 4.94. The lowest BCUT2D eigenvalue weighted by Gasteiger charge is -2.07. The minimum Gasteiger partial charge on any atom is -0.356 e. The lowest BCUT2D eigenvalue weighted by molar-refractivity contribution is -0.121. The molecule has 0 saturated carbocycles. The summed E-state index contributed by atoms with van der Waals surface area (Å²) in [5, 5.41) is 2.99. The fraction of sp³-hybridized carbons (Fsp3) is 0.368. The molecule has 0 unspecified atom stereocenters. The number of nitrogens with zero attached hydrogens (tertiary/aromatic N) is 1. The second kappa shape index (κ2) is 8.32. The van der Waals surface area contributed by atoms with Gasteiger partial charge in [-0.25, -0.2) is 0 Å². The number of aromatic nitrogens is 1. The second-order valence-electron chi connectivity index (χ2n) is 5.73. The molecule has 0 radical (unpaired) electrons. The van der Waals surface area contributed by atoms with Gasteiger partial charge < -0.3 is 5.32 Å². The highest BCUT2D eigenvalue weighted by atomic mass is 16.1. The smallest absolute Gasteiger partial charge is 0.220 e. The van der Waals surface area contributed by atoms with E-state index in [2.05, 4.69) is 48.4 Å². The van der Waals surface area contributed by atoms with Gasteiger partial charge in [0.15, 0.2) is 0 Å². The minimum absolute atomic E-state index is 0.129. The van der Waals surface area contributed by atoms with Crippen LogP contribution in [0.3, 0.4) is 0 Å². The van der Waals surface area contributed by atoms with Crippen molar-refractivity contribution in [2.24, 2.45) is 0 Å². The molecule has 0 aliphatic rings. The third-order valence-corrected chi connectivity index (χ3v) is 3.90. The Kier molecular flexibility index (Phi) is 6.13. The Balaban J connectivity index is 1.64. The maximum absolute atomic E-state index is 11.9. The highest BCUT2D eigenvalue weighted by Crippen LogP contribution is 2.11. The van der Waals surface area contributed by atoms with Crippen LogP contribution in [-0.2, 0) is 17.6 Å². The molecule has 3 heteroatoms. The molecule has 0 fully saturated rings. The summed E-state index contributed by atoms with van der Waals surface area (Å²) in [6.07, 6.45) is 6.90. The van der Waals surface area contributed by atoms with E-state index in [9.17, 15) is 4.79 Å². The van der Waals surface area contributed by atoms with Crippen molar-refractivity contribution in [2.45, 2.75) is 39.5 Å². The van der Waals surface area contributed by atoms with Crippen LogP contribution in [0.15, 0.2) is 42.7 Å². The van der Waals surface area contributed by atoms with Crippen molar-refractivity contribution >= 4 is 5.91 Å². The molecule has 0 aliphatic carbocycles. The Hall–Kier alpha value is -2.16. The molecule has 1 heterocycles. The molecule has 3 nitrogen and oxygen atoms in total. The molecule has 1 aromatic heterocycles. The third kappa shape index (κ3) is 5.32. The first kappa shape index (κ1) is 16.2. The summed E-state index contributed by atoms with van der Waals surface area (Å²) in [5.41, 5.74) is 5.03. The molecule has 1 amide bonds. The number of nitrogens with one attached hydrogen (secondary N) is 1. The standard InChI is InChI=1S/C19H24N2O/c1-15-7-8-17(13-16(15)2)9-10-19(22)21-12-4-6-18-5-3-11-20-14-18/h3,5,7-8,11,13-14H,4,6,9-10,12H2,1-2H3,(H,21,22). The van der Waals surface area contributed by atoms with E-state index in [4.69, 9.17) is 0 Å². The van der Waals surface area contributed by atoms with Gasteiger partial charge in [-0.05, 0) is 61.4 Å². The van der Waals surface area contributed by atoms with E-state index in [1.807, 2.05) is 12.3 Å². The fourth-order valence-corrected chi connectivity index (χ4v) is 2.37. The van der Waals surface area contributed by atoms with Gasteiger partial charge in [-0.2, -0.15) is 0 Å². The molecule has 0 aliphatic heterocycles. The fourth-order valence-electron chi connectivity index (χ4n) is 2.37. The van der Waals surface area contributed by atoms with E-state index in [0.717, 1.165) is 25.8 Å². The summed E-state index contributed by atoms with van der Waals surface area (Å²) in [5.74, 6) is 0.129. The molecule has 1 aromatic carbocycles. The average Bonchev–Trinajstić information content (AvgIpc) is 2.54. The quantitative estimate of drug-likeness (QED) is 0.796. The lowest BCUT2D eigenvalue weighted by atomic mass is 10.0. The van der Waals surface area contributed by atoms with E-state index >= 15 is 0 Å². The van der Waals surface area contributed by atoms with Crippen LogP contribution in [0.4, 0.5) is 0 Å². The Labute approximate surface area is 132 Å². The Bertz CT molecular complexity index is 608. The number of rotatable bonds is 7. The summed E-state index contributed by atoms with van der Waals surface area (Å²) in [4.78, 5) is 15.9. The van der Waals surface area contributed by atoms with Crippen molar-refractivity contribution in [3.05, 3.63) is 65.0 Å². The number of hydrogen-bond donors (Lipinski definition) is 1. The zero-order valence-electron chi connectivity index (χ0n) is 13.4. The van der Waals surface area contributed by atoms with E-state index in [0.29, 0.717) is 6.42 Å². The van der Waals surface area contributed by atoms with Crippen LogP contribution in [-0.4, -0.2) is 17.4 Å². The molecule has 2 rings (SSSR count). The summed E-state index contributed by atoms with van der Waals surface area (Å²) in [6, 6.07) is 10.4. The number of benzene rings is 1. The van der Waals surface area contributed by atoms with Crippen molar-refractivity contribution in [3.63, 3.8) is 0 Å². The summed E-state index contributed by atoms with van der Waals surface area (Å²) >= 11 is 0. The number of carbonyl (C=O) groups excluding carboxylic acids is 1. The molecule has 0 atom stereocenters. The maximum Gasteiger partial charge on any atom is 0.220 e. The third-order valence-electron chi connectivity index (χ3n) is 3.90. The van der Waals surface area contributed by atoms with Crippen molar-refractivity contribution in [1.29, 1.82) is 0 Å². The SMILES string of the molecule is Cc1ccc(CCC(=O)NCCCc2cccnc2)cc1C. The number of hydrogen-bond acceptors (Lipinski definition) is 2. The van der Waals surface area contributed by atoms with E-state index in [1.54, 1.807) is 6.20 Å². The topological polar surface area (TPSA) is 42.0 Å². The van der Waals surface area contributed by atoms with Gasteiger partial charge in [0, 0.05) is 25.4 Å². The van der Waals surface area contributed by atoms with Gasteiger partial charge in [0.25, 0.3) is 0 Å². The average molecular weight is 296 g/mol. The largest absolute Gasteiger partial charge is 0.356 e. The maximum atomic E-state index is 11.9. The highest BCUT2D eigenvalue weighted by Gasteiger charge is 2.03. The van der Waals surface area contributed by atoms with E-state index < -0.39 is 0 Å². The molecular weight excluding hydrogens is 272 g/mol. The predicted molar refractivity (Wildman–Crippen MR) is 89.8 cm³/mol. The number of amides is 1. The molecule has 1 N–H and O–H groups in total. The monoisotopic (exact) mass is 296 g/mol. The molecule has 0 saturated heterocycles. The zero-order valence-corrected chi connectivity index (χ0v) is 13.4. The van der Waals surface area contributed by atoms with Gasteiger partial charge in [0.2, 0.25) is 5.91 Å². The van der Waals surface area contributed by atoms with Crippen LogP contribution in [0.5, 0.6) is 0 Å². The Morgan fingerprint density at radius 1 is 1.09 bits per heavy atom. The molecule has 0 spiro atoms. The van der Waals surface area contributed by atoms with Crippen molar-refractivity contribution in [2.75, 3.05) is 6.54 Å². The van der Waals surface area contributed by atoms with Crippen molar-refractivity contribution in [1.82, 2.24) is 10.3 Å². The Morgan fingerprint density at radius 2 is 1.95 bits per heavy atom. The number of pyridine rings is 1. The lowest BCUT2D eigenvalue weighted by Crippen LogP contribution is -2.25. The molecular formula is C19H24N2O. The summed E-state index contributed by atoms with van der Waals surface area (Å²) in [7, 11) is 0. The molecule has 116 valence electrons. The van der Waals surface area contributed by atoms with Crippen LogP contribution >= 0.6 is 0 Å². The van der Waals surface area contributed by atoms with Crippen LogP contribution in [0, 0.1) is 13.8 Å². The van der Waals surface area contributed by atoms with Gasteiger partial charge in [-0.1, -0.05) is 24.3 Å². The summed E-state index contributed by atoms with van der Waals surface area (Å²) < 4.78 is 0. The normalized spacial score (nSPS) is 10.5. The first-order valence-corrected chi connectivity index (χ1v) is 7.87. The van der Waals surface area contributed by atoms with Gasteiger partial charge >= 0.3 is 0 Å². The van der Waals surface area contributed by atoms with Crippen LogP contribution in [0.1, 0.15) is 35.1 Å². The minimum atomic E-state index is 0.129. The zero-order chi connectivity index (χ0) is 15.8. The van der Waals surface area contributed by atoms with Crippen molar-refractivity contribution in [3.8, 4) is 0 Å². The van der Waals surface area contributed by atoms with Crippen LogP contribution < -0.4 is 5.32 Å². The highest BCUT2D eigenvalue weighted by molar-refractivity contribution is 5.76. The van der Waals surface area contributed by atoms with Crippen LogP contribution in [0.25, 0.3) is 0 Å². The number of carbonyl (C=O) groups is 1. The molecule has 22 heavy (non-hydrogen) atoms. The first-order chi connectivity index (χ1) is 10.6. The van der Waals surface area contributed by atoms with Gasteiger partial charge in [0.05, 0.1) is 0 Å². The number of aryl methyl sites for hydroxylation is 4. The molecule has 0 bridgehead atoms. The van der Waals surface area contributed by atoms with E-state index in [-0.39, 0.29) is 5.91 Å². The predicted octanol–water partition coefficient (Wildman–Crippen LogP) is 3.38. The van der Waals surface area contributed by atoms with Gasteiger partial charge in [0.1, 0.15) is 0 Å². The van der Waals surface area contributed by atoms with E-state index in [1.165, 1.54) is 22.3 Å². The van der Waals surface area contributed by atoms with Gasteiger partial charge in [-0.3, -0.25) is 9.78 Å². The van der Waals surface area contributed by atoms with Crippen molar-refractivity contribution < 1.29 is 4.79 Å². The van der Waals surface area contributed by atoms with Gasteiger partial charge in [-0.15, -0.1) is 0 Å². The van der Waals surface area contributed by atoms with Crippen LogP contribution in [0.2, 0.25) is 0 Å². The Morgan fingerprint density at radius 3 is 2.68 bits per heavy atom. The second-order valence-corrected chi connectivity index (χ2v) is 5.73.